The van der Waals surface area contributed by atoms with Crippen LogP contribution < -0.4 is 4.72 Å². The number of hydrogen-bond acceptors (Lipinski definition) is 2. The predicted molar refractivity (Wildman–Crippen MR) is 72.9 cm³/mol. The minimum absolute atomic E-state index is 0.000283. The summed E-state index contributed by atoms with van der Waals surface area (Å²) in [5.74, 6) is -0.491. The third kappa shape index (κ3) is 3.34. The molecule has 0 heterocycles. The van der Waals surface area contributed by atoms with Crippen molar-refractivity contribution in [3.05, 3.63) is 29.6 Å². The van der Waals surface area contributed by atoms with Crippen LogP contribution in [0.4, 0.5) is 4.39 Å². The van der Waals surface area contributed by atoms with E-state index in [1.807, 2.05) is 0 Å². The number of aryl methyl sites for hydroxylation is 1. The molecule has 0 saturated heterocycles. The first-order valence-electron chi connectivity index (χ1n) is 6.48. The van der Waals surface area contributed by atoms with Gasteiger partial charge >= 0.3 is 0 Å². The Labute approximate surface area is 114 Å². The molecule has 0 radical (unpaired) electrons. The van der Waals surface area contributed by atoms with Crippen molar-refractivity contribution in [1.29, 1.82) is 0 Å². The van der Waals surface area contributed by atoms with E-state index in [9.17, 15) is 12.8 Å². The monoisotopic (exact) mass is 285 g/mol. The van der Waals surface area contributed by atoms with Crippen molar-refractivity contribution in [3.8, 4) is 0 Å². The molecule has 3 nitrogen and oxygen atoms in total. The van der Waals surface area contributed by atoms with E-state index in [0.29, 0.717) is 5.56 Å². The third-order valence-corrected chi connectivity index (χ3v) is 5.26. The highest BCUT2D eigenvalue weighted by molar-refractivity contribution is 7.89. The van der Waals surface area contributed by atoms with Crippen LogP contribution in [0.5, 0.6) is 0 Å². The van der Waals surface area contributed by atoms with Gasteiger partial charge in [-0.25, -0.2) is 17.5 Å². The molecule has 19 heavy (non-hydrogen) atoms. The van der Waals surface area contributed by atoms with Crippen LogP contribution in [0.2, 0.25) is 0 Å². The molecule has 1 aromatic carbocycles. The van der Waals surface area contributed by atoms with Crippen molar-refractivity contribution in [1.82, 2.24) is 4.72 Å². The fourth-order valence-corrected chi connectivity index (χ4v) is 3.85. The summed E-state index contributed by atoms with van der Waals surface area (Å²) in [7, 11) is -3.62. The lowest BCUT2D eigenvalue weighted by molar-refractivity contribution is 0.372. The number of hydrogen-bond donors (Lipinski definition) is 1. The first-order valence-corrected chi connectivity index (χ1v) is 7.96. The predicted octanol–water partition coefficient (Wildman–Crippen LogP) is 2.99. The molecular formula is C14H20FNO2S. The number of rotatable bonds is 3. The van der Waals surface area contributed by atoms with E-state index in [4.69, 9.17) is 0 Å². The smallest absolute Gasteiger partial charge is 0.208 e. The standard InChI is InChI=1S/C14H20FNO2S/c1-10-4-5-12(8-13(10)15)19(17,18)16-11-6-7-14(2,3)9-11/h4-5,8,11,16H,6-7,9H2,1-3H3. The van der Waals surface area contributed by atoms with Gasteiger partial charge < -0.3 is 0 Å². The van der Waals surface area contributed by atoms with Crippen LogP contribution in [0.25, 0.3) is 0 Å². The van der Waals surface area contributed by atoms with E-state index in [1.54, 1.807) is 6.92 Å². The second-order valence-electron chi connectivity index (χ2n) is 6.14. The van der Waals surface area contributed by atoms with Gasteiger partial charge in [0.2, 0.25) is 10.0 Å². The molecule has 1 atom stereocenters. The molecule has 1 saturated carbocycles. The molecule has 0 spiro atoms. The maximum absolute atomic E-state index is 13.5. The van der Waals surface area contributed by atoms with Crippen LogP contribution in [-0.2, 0) is 10.0 Å². The third-order valence-electron chi connectivity index (χ3n) is 3.74. The normalized spacial score (nSPS) is 22.6. The van der Waals surface area contributed by atoms with Crippen molar-refractivity contribution in [2.75, 3.05) is 0 Å². The molecule has 1 N–H and O–H groups in total. The van der Waals surface area contributed by atoms with Crippen LogP contribution >= 0.6 is 0 Å². The second kappa shape index (κ2) is 4.87. The van der Waals surface area contributed by atoms with Crippen LogP contribution in [0, 0.1) is 18.2 Å². The van der Waals surface area contributed by atoms with Crippen molar-refractivity contribution >= 4 is 10.0 Å². The van der Waals surface area contributed by atoms with Gasteiger partial charge in [-0.3, -0.25) is 0 Å². The average molecular weight is 285 g/mol. The zero-order valence-corrected chi connectivity index (χ0v) is 12.3. The van der Waals surface area contributed by atoms with Gasteiger partial charge in [-0.15, -0.1) is 0 Å². The van der Waals surface area contributed by atoms with Gasteiger partial charge in [-0.2, -0.15) is 0 Å². The van der Waals surface area contributed by atoms with E-state index in [0.717, 1.165) is 25.3 Å². The van der Waals surface area contributed by atoms with Gasteiger partial charge in [0.1, 0.15) is 5.82 Å². The molecule has 1 unspecified atom stereocenters. The number of sulfonamides is 1. The Morgan fingerprint density at radius 1 is 1.37 bits per heavy atom. The van der Waals surface area contributed by atoms with Gasteiger partial charge in [-0.05, 0) is 49.3 Å². The first-order chi connectivity index (χ1) is 8.70. The van der Waals surface area contributed by atoms with Crippen LogP contribution in [-0.4, -0.2) is 14.5 Å². The highest BCUT2D eigenvalue weighted by Gasteiger charge is 2.33. The van der Waals surface area contributed by atoms with E-state index in [1.165, 1.54) is 12.1 Å². The zero-order valence-electron chi connectivity index (χ0n) is 11.5. The molecule has 0 aromatic heterocycles. The Bertz CT molecular complexity index is 581. The molecule has 0 bridgehead atoms. The zero-order chi connectivity index (χ0) is 14.3. The topological polar surface area (TPSA) is 46.2 Å². The quantitative estimate of drug-likeness (QED) is 0.928. The van der Waals surface area contributed by atoms with E-state index in [-0.39, 0.29) is 16.4 Å². The van der Waals surface area contributed by atoms with Crippen LogP contribution in [0.3, 0.4) is 0 Å². The van der Waals surface area contributed by atoms with Crippen LogP contribution in [0.1, 0.15) is 38.7 Å². The molecule has 5 heteroatoms. The van der Waals surface area contributed by atoms with Gasteiger partial charge in [0.15, 0.2) is 0 Å². The van der Waals surface area contributed by atoms with Gasteiger partial charge in [0.25, 0.3) is 0 Å². The van der Waals surface area contributed by atoms with Crippen molar-refractivity contribution in [3.63, 3.8) is 0 Å². The molecule has 106 valence electrons. The average Bonchev–Trinajstić information content (AvgIpc) is 2.61. The Kier molecular flexibility index (Phi) is 3.71. The fraction of sp³-hybridized carbons (Fsp3) is 0.571. The SMILES string of the molecule is Cc1ccc(S(=O)(=O)NC2CCC(C)(C)C2)cc1F. The Balaban J connectivity index is 2.17. The molecule has 1 aliphatic rings. The summed E-state index contributed by atoms with van der Waals surface area (Å²) in [5.41, 5.74) is 0.618. The van der Waals surface area contributed by atoms with Crippen molar-refractivity contribution in [2.24, 2.45) is 5.41 Å². The Hall–Kier alpha value is -0.940. The summed E-state index contributed by atoms with van der Waals surface area (Å²) < 4.78 is 40.5. The summed E-state index contributed by atoms with van der Waals surface area (Å²) in [4.78, 5) is 0.000283. The number of halogens is 1. The van der Waals surface area contributed by atoms with Gasteiger partial charge in [0.05, 0.1) is 4.90 Å². The van der Waals surface area contributed by atoms with E-state index in [2.05, 4.69) is 18.6 Å². The molecule has 1 aromatic rings. The molecule has 0 aliphatic heterocycles. The molecule has 2 rings (SSSR count). The molecule has 0 amide bonds. The number of nitrogens with one attached hydrogen (secondary N) is 1. The second-order valence-corrected chi connectivity index (χ2v) is 7.85. The lowest BCUT2D eigenvalue weighted by Crippen LogP contribution is -2.33. The van der Waals surface area contributed by atoms with Crippen molar-refractivity contribution < 1.29 is 12.8 Å². The Morgan fingerprint density at radius 2 is 2.05 bits per heavy atom. The maximum atomic E-state index is 13.5. The largest absolute Gasteiger partial charge is 0.240 e. The number of benzene rings is 1. The lowest BCUT2D eigenvalue weighted by atomic mass is 9.92. The highest BCUT2D eigenvalue weighted by atomic mass is 32.2. The summed E-state index contributed by atoms with van der Waals surface area (Å²) in [6.45, 7) is 5.87. The summed E-state index contributed by atoms with van der Waals surface area (Å²) in [6.07, 6.45) is 2.66. The summed E-state index contributed by atoms with van der Waals surface area (Å²) in [6, 6.07) is 3.96. The molecule has 1 fully saturated rings. The van der Waals surface area contributed by atoms with Gasteiger partial charge in [0, 0.05) is 6.04 Å². The minimum atomic E-state index is -3.62. The van der Waals surface area contributed by atoms with E-state index < -0.39 is 15.8 Å². The Morgan fingerprint density at radius 3 is 2.58 bits per heavy atom. The summed E-state index contributed by atoms with van der Waals surface area (Å²) >= 11 is 0. The highest BCUT2D eigenvalue weighted by Crippen LogP contribution is 2.37. The summed E-state index contributed by atoms with van der Waals surface area (Å²) in [5, 5.41) is 0. The molecular weight excluding hydrogens is 265 g/mol. The molecule has 1 aliphatic carbocycles. The lowest BCUT2D eigenvalue weighted by Gasteiger charge is -2.18. The van der Waals surface area contributed by atoms with Crippen molar-refractivity contribution in [2.45, 2.75) is 51.0 Å². The maximum Gasteiger partial charge on any atom is 0.240 e. The van der Waals surface area contributed by atoms with Gasteiger partial charge in [-0.1, -0.05) is 19.9 Å². The minimum Gasteiger partial charge on any atom is -0.208 e. The fourth-order valence-electron chi connectivity index (χ4n) is 2.56. The first kappa shape index (κ1) is 14.5. The van der Waals surface area contributed by atoms with Crippen LogP contribution in [0.15, 0.2) is 23.1 Å². The van der Waals surface area contributed by atoms with E-state index >= 15 is 0 Å².